The number of aliphatic hydroxyl groups excluding tert-OH is 1. The summed E-state index contributed by atoms with van der Waals surface area (Å²) in [4.78, 5) is 21.7. The molecule has 4 N–H and O–H groups in total. The monoisotopic (exact) mass is 469 g/mol. The fourth-order valence-corrected chi connectivity index (χ4v) is 3.70. The van der Waals surface area contributed by atoms with E-state index in [1.54, 1.807) is 12.4 Å². The molecule has 7 nitrogen and oxygen atoms in total. The van der Waals surface area contributed by atoms with Gasteiger partial charge in [0.25, 0.3) is 0 Å². The maximum Gasteiger partial charge on any atom is 0.211 e. The van der Waals surface area contributed by atoms with Crippen LogP contribution in [0.25, 0.3) is 0 Å². The molecule has 8 heteroatoms. The van der Waals surface area contributed by atoms with Crippen LogP contribution in [0.3, 0.4) is 0 Å². The van der Waals surface area contributed by atoms with Gasteiger partial charge < -0.3 is 21.1 Å². The zero-order valence-corrected chi connectivity index (χ0v) is 19.9. The Hall–Kier alpha value is -2.90. The summed E-state index contributed by atoms with van der Waals surface area (Å²) in [7, 11) is 0. The molecule has 176 valence electrons. The molecule has 0 spiro atoms. The number of hydrogen-bond acceptors (Lipinski definition) is 6. The Balaban J connectivity index is 0.000000196. The summed E-state index contributed by atoms with van der Waals surface area (Å²) < 4.78 is 0. The average Bonchev–Trinajstić information content (AvgIpc) is 3.67. The first kappa shape index (κ1) is 24.7. The Bertz CT molecular complexity index is 994. The van der Waals surface area contributed by atoms with Crippen LogP contribution in [0.1, 0.15) is 51.0 Å². The van der Waals surface area contributed by atoms with Crippen molar-refractivity contribution in [2.45, 2.75) is 51.6 Å². The zero-order chi connectivity index (χ0) is 23.8. The Morgan fingerprint density at radius 1 is 1.21 bits per heavy atom. The number of amides is 1. The molecule has 0 radical (unpaired) electrons. The molecule has 33 heavy (non-hydrogen) atoms. The molecule has 0 bridgehead atoms. The molecule has 1 aromatic heterocycles. The smallest absolute Gasteiger partial charge is 0.211 e. The average molecular weight is 470 g/mol. The molecule has 2 aliphatic rings. The van der Waals surface area contributed by atoms with Crippen molar-refractivity contribution in [2.24, 2.45) is 10.7 Å². The van der Waals surface area contributed by atoms with E-state index >= 15 is 0 Å². The van der Waals surface area contributed by atoms with Crippen molar-refractivity contribution in [3.63, 3.8) is 0 Å². The first-order valence-corrected chi connectivity index (χ1v) is 11.6. The van der Waals surface area contributed by atoms with Crippen molar-refractivity contribution in [2.75, 3.05) is 23.3 Å². The predicted octanol–water partition coefficient (Wildman–Crippen LogP) is 4.78. The number of hydrogen-bond donors (Lipinski definition) is 3. The minimum atomic E-state index is -0.170. The quantitative estimate of drug-likeness (QED) is 0.417. The summed E-state index contributed by atoms with van der Waals surface area (Å²) in [5, 5.41) is 13.0. The SMILES string of the molecule is CC(=Nc1ccc(Cl)cc1)/C(C)=C\N.O=CNc1cnc(N2CCC(O)CC2)c(C2CC2)c1. The lowest BCUT2D eigenvalue weighted by atomic mass is 10.1. The van der Waals surface area contributed by atoms with Crippen molar-refractivity contribution < 1.29 is 9.90 Å². The third-order valence-electron chi connectivity index (χ3n) is 5.85. The number of allylic oxidation sites excluding steroid dienone is 1. The number of nitrogens with two attached hydrogens (primary N) is 1. The molecular formula is C25H32ClN5O2. The van der Waals surface area contributed by atoms with Gasteiger partial charge in [-0.3, -0.25) is 9.79 Å². The van der Waals surface area contributed by atoms with E-state index in [0.717, 1.165) is 54.4 Å². The summed E-state index contributed by atoms with van der Waals surface area (Å²) in [6.45, 7) is 5.56. The van der Waals surface area contributed by atoms with Crippen LogP contribution in [-0.4, -0.2) is 41.4 Å². The Morgan fingerprint density at radius 2 is 1.88 bits per heavy atom. The second-order valence-corrected chi connectivity index (χ2v) is 8.85. The van der Waals surface area contributed by atoms with Crippen LogP contribution < -0.4 is 16.0 Å². The van der Waals surface area contributed by atoms with Crippen LogP contribution >= 0.6 is 11.6 Å². The molecule has 1 aliphatic carbocycles. The highest BCUT2D eigenvalue weighted by Crippen LogP contribution is 2.44. The lowest BCUT2D eigenvalue weighted by molar-refractivity contribution is -0.105. The third kappa shape index (κ3) is 7.30. The minimum absolute atomic E-state index is 0.170. The van der Waals surface area contributed by atoms with Gasteiger partial charge in [-0.05, 0) is 93.1 Å². The molecule has 2 fully saturated rings. The molecule has 0 unspecified atom stereocenters. The molecule has 1 saturated heterocycles. The number of benzene rings is 1. The van der Waals surface area contributed by atoms with Crippen molar-refractivity contribution in [3.05, 3.63) is 58.9 Å². The van der Waals surface area contributed by atoms with E-state index in [-0.39, 0.29) is 6.10 Å². The largest absolute Gasteiger partial charge is 0.404 e. The van der Waals surface area contributed by atoms with Crippen molar-refractivity contribution in [1.82, 2.24) is 4.98 Å². The molecule has 2 aromatic rings. The highest BCUT2D eigenvalue weighted by atomic mass is 35.5. The van der Waals surface area contributed by atoms with Crippen LogP contribution in [-0.2, 0) is 4.79 Å². The molecule has 1 saturated carbocycles. The number of aliphatic hydroxyl groups is 1. The Labute approximate surface area is 200 Å². The van der Waals surface area contributed by atoms with Gasteiger partial charge in [0.15, 0.2) is 0 Å². The summed E-state index contributed by atoms with van der Waals surface area (Å²) in [6, 6.07) is 9.41. The van der Waals surface area contributed by atoms with Crippen molar-refractivity contribution in [3.8, 4) is 0 Å². The van der Waals surface area contributed by atoms with Crippen LogP contribution in [0.2, 0.25) is 5.02 Å². The number of nitrogens with one attached hydrogen (secondary N) is 1. The van der Waals surface area contributed by atoms with E-state index in [1.165, 1.54) is 18.4 Å². The topological polar surface area (TPSA) is 104 Å². The Morgan fingerprint density at radius 3 is 2.45 bits per heavy atom. The van der Waals surface area contributed by atoms with E-state index in [4.69, 9.17) is 17.3 Å². The number of aromatic nitrogens is 1. The van der Waals surface area contributed by atoms with Crippen LogP contribution in [0.5, 0.6) is 0 Å². The molecule has 4 rings (SSSR count). The van der Waals surface area contributed by atoms with Crippen LogP contribution in [0.15, 0.2) is 53.3 Å². The number of aliphatic imine (C=N–C) groups is 1. The fraction of sp³-hybridized carbons (Fsp3) is 0.400. The zero-order valence-electron chi connectivity index (χ0n) is 19.2. The Kier molecular flexibility index (Phi) is 8.86. The van der Waals surface area contributed by atoms with Gasteiger partial charge in [-0.25, -0.2) is 4.98 Å². The van der Waals surface area contributed by atoms with Gasteiger partial charge in [0, 0.05) is 23.8 Å². The van der Waals surface area contributed by atoms with Crippen molar-refractivity contribution in [1.29, 1.82) is 0 Å². The third-order valence-corrected chi connectivity index (χ3v) is 6.10. The van der Waals surface area contributed by atoms with Gasteiger partial charge in [-0.15, -0.1) is 0 Å². The summed E-state index contributed by atoms with van der Waals surface area (Å²) >= 11 is 5.76. The molecule has 1 aliphatic heterocycles. The van der Waals surface area contributed by atoms with E-state index < -0.39 is 0 Å². The highest BCUT2D eigenvalue weighted by Gasteiger charge is 2.30. The second-order valence-electron chi connectivity index (χ2n) is 8.41. The number of nitrogens with zero attached hydrogens (tertiary/aromatic N) is 3. The first-order chi connectivity index (χ1) is 15.9. The lowest BCUT2D eigenvalue weighted by Crippen LogP contribution is -2.36. The van der Waals surface area contributed by atoms with Gasteiger partial charge >= 0.3 is 0 Å². The second kappa shape index (κ2) is 11.8. The predicted molar refractivity (Wildman–Crippen MR) is 136 cm³/mol. The number of anilines is 2. The lowest BCUT2D eigenvalue weighted by Gasteiger charge is -2.32. The van der Waals surface area contributed by atoms with Crippen LogP contribution in [0, 0.1) is 0 Å². The number of carbonyl (C=O) groups excluding carboxylic acids is 1. The van der Waals surface area contributed by atoms with E-state index in [9.17, 15) is 9.90 Å². The number of halogens is 1. The standard InChI is InChI=1S/C14H19N3O2.C11H13ClN2/c18-9-16-11-7-13(10-1-2-10)14(15-8-11)17-5-3-12(19)4-6-17;1-8(7-13)9(2)14-11-5-3-10(12)4-6-11/h7-10,12,19H,1-6H2,(H,16,18);3-7H,13H2,1-2H3/b;8-7-,14-9?. The number of piperidine rings is 1. The number of rotatable bonds is 6. The molecule has 0 atom stereocenters. The van der Waals surface area contributed by atoms with Gasteiger partial charge in [0.05, 0.1) is 23.7 Å². The van der Waals surface area contributed by atoms with Gasteiger partial charge in [-0.2, -0.15) is 0 Å². The van der Waals surface area contributed by atoms with Crippen molar-refractivity contribution >= 4 is 40.9 Å². The van der Waals surface area contributed by atoms with E-state index in [1.807, 2.05) is 44.2 Å². The number of pyridine rings is 1. The maximum atomic E-state index is 10.5. The van der Waals surface area contributed by atoms with Gasteiger partial charge in [-0.1, -0.05) is 11.6 Å². The number of carbonyl (C=O) groups is 1. The molecule has 1 amide bonds. The maximum absolute atomic E-state index is 10.5. The molecular weight excluding hydrogens is 438 g/mol. The normalized spacial score (nSPS) is 17.3. The summed E-state index contributed by atoms with van der Waals surface area (Å²) in [5.41, 5.74) is 10.2. The van der Waals surface area contributed by atoms with Gasteiger partial charge in [0.2, 0.25) is 6.41 Å². The summed E-state index contributed by atoms with van der Waals surface area (Å²) in [5.74, 6) is 1.62. The fourth-order valence-electron chi connectivity index (χ4n) is 3.58. The van der Waals surface area contributed by atoms with Gasteiger partial charge in [0.1, 0.15) is 5.82 Å². The van der Waals surface area contributed by atoms with Crippen LogP contribution in [0.4, 0.5) is 17.2 Å². The first-order valence-electron chi connectivity index (χ1n) is 11.2. The van der Waals surface area contributed by atoms with E-state index in [0.29, 0.717) is 17.4 Å². The summed E-state index contributed by atoms with van der Waals surface area (Å²) in [6.07, 6.45) is 7.79. The van der Waals surface area contributed by atoms with E-state index in [2.05, 4.69) is 20.2 Å². The minimum Gasteiger partial charge on any atom is -0.404 e. The molecule has 1 aromatic carbocycles. The highest BCUT2D eigenvalue weighted by molar-refractivity contribution is 6.30. The molecule has 2 heterocycles.